The maximum absolute atomic E-state index is 12.6. The van der Waals surface area contributed by atoms with Crippen molar-refractivity contribution < 1.29 is 4.79 Å². The van der Waals surface area contributed by atoms with Crippen LogP contribution in [0.4, 0.5) is 5.82 Å². The second kappa shape index (κ2) is 10.2. The summed E-state index contributed by atoms with van der Waals surface area (Å²) >= 11 is 0. The number of piperidine rings is 2. The van der Waals surface area contributed by atoms with Crippen molar-refractivity contribution in [2.75, 3.05) is 38.1 Å². The fourth-order valence-corrected chi connectivity index (χ4v) is 3.50. The van der Waals surface area contributed by atoms with E-state index in [9.17, 15) is 4.79 Å². The zero-order valence-corrected chi connectivity index (χ0v) is 16.7. The van der Waals surface area contributed by atoms with Gasteiger partial charge in [0, 0.05) is 32.4 Å². The van der Waals surface area contributed by atoms with Crippen molar-refractivity contribution in [3.8, 4) is 0 Å². The average Bonchev–Trinajstić information content (AvgIpc) is 2.62. The Balaban J connectivity index is 0.00000156. The Hall–Kier alpha value is -1.04. The molecule has 2 aliphatic rings. The van der Waals surface area contributed by atoms with Gasteiger partial charge in [-0.3, -0.25) is 4.79 Å². The lowest BCUT2D eigenvalue weighted by molar-refractivity contribution is 0.0703. The van der Waals surface area contributed by atoms with Gasteiger partial charge in [0.15, 0.2) is 0 Å². The van der Waals surface area contributed by atoms with Crippen molar-refractivity contribution in [1.29, 1.82) is 0 Å². The quantitative estimate of drug-likeness (QED) is 0.864. The molecular weight excluding hydrogens is 359 g/mol. The number of hydrogen-bond acceptors (Lipinski definition) is 4. The Kier molecular flexibility index (Phi) is 8.97. The molecule has 0 unspecified atom stereocenters. The summed E-state index contributed by atoms with van der Waals surface area (Å²) in [5.41, 5.74) is 0.695. The third-order valence-electron chi connectivity index (χ3n) is 5.28. The monoisotopic (exact) mass is 388 g/mol. The highest BCUT2D eigenvalue weighted by molar-refractivity contribution is 5.94. The molecular formula is C18H30Cl2N4O. The largest absolute Gasteiger partial charge is 0.357 e. The van der Waals surface area contributed by atoms with E-state index in [4.69, 9.17) is 0 Å². The van der Waals surface area contributed by atoms with Gasteiger partial charge in [0.05, 0.1) is 5.56 Å². The Bertz CT molecular complexity index is 526. The summed E-state index contributed by atoms with van der Waals surface area (Å²) in [5, 5.41) is 3.34. The highest BCUT2D eigenvalue weighted by Crippen LogP contribution is 2.22. The number of rotatable bonds is 3. The molecule has 25 heavy (non-hydrogen) atoms. The van der Waals surface area contributed by atoms with E-state index in [-0.39, 0.29) is 30.7 Å². The minimum atomic E-state index is 0. The van der Waals surface area contributed by atoms with Gasteiger partial charge in [-0.15, -0.1) is 24.8 Å². The highest BCUT2D eigenvalue weighted by Gasteiger charge is 2.23. The molecule has 1 aromatic rings. The second-order valence-corrected chi connectivity index (χ2v) is 6.97. The van der Waals surface area contributed by atoms with E-state index in [1.54, 1.807) is 6.20 Å². The van der Waals surface area contributed by atoms with Crippen LogP contribution in [0.25, 0.3) is 0 Å². The van der Waals surface area contributed by atoms with Crippen LogP contribution in [0, 0.1) is 5.92 Å². The molecule has 1 N–H and O–H groups in total. The van der Waals surface area contributed by atoms with Gasteiger partial charge in [-0.2, -0.15) is 0 Å². The molecule has 3 rings (SSSR count). The number of aromatic nitrogens is 1. The highest BCUT2D eigenvalue weighted by atomic mass is 35.5. The first-order chi connectivity index (χ1) is 11.1. The van der Waals surface area contributed by atoms with Crippen LogP contribution < -0.4 is 10.2 Å². The third-order valence-corrected chi connectivity index (χ3v) is 5.28. The minimum Gasteiger partial charge on any atom is -0.357 e. The number of hydrogen-bond donors (Lipinski definition) is 1. The molecule has 0 aliphatic carbocycles. The molecule has 7 heteroatoms. The first kappa shape index (κ1) is 22.0. The molecule has 2 saturated heterocycles. The topological polar surface area (TPSA) is 48.5 Å². The first-order valence-electron chi connectivity index (χ1n) is 8.84. The van der Waals surface area contributed by atoms with E-state index in [1.165, 1.54) is 12.8 Å². The molecule has 0 spiro atoms. The van der Waals surface area contributed by atoms with Crippen LogP contribution >= 0.6 is 24.8 Å². The predicted octanol–water partition coefficient (Wildman–Crippen LogP) is 2.99. The summed E-state index contributed by atoms with van der Waals surface area (Å²) in [5.74, 6) is 1.90. The number of carbonyl (C=O) groups is 1. The lowest BCUT2D eigenvalue weighted by Crippen LogP contribution is -2.44. The molecule has 3 heterocycles. The minimum absolute atomic E-state index is 0. The Labute approximate surface area is 163 Å². The van der Waals surface area contributed by atoms with Crippen molar-refractivity contribution in [2.45, 2.75) is 38.6 Å². The lowest BCUT2D eigenvalue weighted by Gasteiger charge is -2.32. The van der Waals surface area contributed by atoms with Crippen LogP contribution in [0.15, 0.2) is 18.3 Å². The Morgan fingerprint density at radius 3 is 2.36 bits per heavy atom. The van der Waals surface area contributed by atoms with Crippen LogP contribution in [0.1, 0.15) is 43.0 Å². The van der Waals surface area contributed by atoms with Crippen molar-refractivity contribution in [2.24, 2.45) is 5.92 Å². The molecule has 5 nitrogen and oxygen atoms in total. The average molecular weight is 389 g/mol. The molecule has 0 aromatic carbocycles. The van der Waals surface area contributed by atoms with Gasteiger partial charge in [0.1, 0.15) is 5.82 Å². The smallest absolute Gasteiger partial charge is 0.255 e. The predicted molar refractivity (Wildman–Crippen MR) is 107 cm³/mol. The number of amides is 1. The van der Waals surface area contributed by atoms with Gasteiger partial charge in [0.25, 0.3) is 5.91 Å². The van der Waals surface area contributed by atoms with E-state index >= 15 is 0 Å². The van der Waals surface area contributed by atoms with E-state index in [0.717, 1.165) is 50.8 Å². The van der Waals surface area contributed by atoms with Crippen LogP contribution in [0.2, 0.25) is 0 Å². The van der Waals surface area contributed by atoms with E-state index in [1.807, 2.05) is 24.1 Å². The zero-order valence-electron chi connectivity index (χ0n) is 15.1. The van der Waals surface area contributed by atoms with Gasteiger partial charge >= 0.3 is 0 Å². The summed E-state index contributed by atoms with van der Waals surface area (Å²) < 4.78 is 0. The lowest BCUT2D eigenvalue weighted by atomic mass is 9.99. The fraction of sp³-hybridized carbons (Fsp3) is 0.667. The molecule has 1 aromatic heterocycles. The van der Waals surface area contributed by atoms with Crippen molar-refractivity contribution in [1.82, 2.24) is 15.2 Å². The number of halogens is 2. The SMILES string of the molecule is CC1CCN(c2ccc(C(=O)N(C)C3CCNCC3)cn2)CC1.Cl.Cl. The molecule has 0 bridgehead atoms. The summed E-state index contributed by atoms with van der Waals surface area (Å²) in [6.45, 7) is 6.43. The molecule has 2 fully saturated rings. The van der Waals surface area contributed by atoms with Gasteiger partial charge in [0.2, 0.25) is 0 Å². The molecule has 0 radical (unpaired) electrons. The number of nitrogens with one attached hydrogen (secondary N) is 1. The zero-order chi connectivity index (χ0) is 16.2. The van der Waals surface area contributed by atoms with E-state index in [0.29, 0.717) is 11.6 Å². The van der Waals surface area contributed by atoms with Gasteiger partial charge in [-0.05, 0) is 56.8 Å². The van der Waals surface area contributed by atoms with Crippen LogP contribution in [0.3, 0.4) is 0 Å². The van der Waals surface area contributed by atoms with E-state index < -0.39 is 0 Å². The standard InChI is InChI=1S/C18H28N4O.2ClH/c1-14-7-11-22(12-8-14)17-4-3-15(13-20-17)18(23)21(2)16-5-9-19-10-6-16;;/h3-4,13-14,16,19H,5-12H2,1-2H3;2*1H. The van der Waals surface area contributed by atoms with Gasteiger partial charge in [-0.1, -0.05) is 6.92 Å². The third kappa shape index (κ3) is 5.47. The van der Waals surface area contributed by atoms with Gasteiger partial charge < -0.3 is 15.1 Å². The van der Waals surface area contributed by atoms with Crippen LogP contribution in [0.5, 0.6) is 0 Å². The Morgan fingerprint density at radius 2 is 1.80 bits per heavy atom. The molecule has 0 saturated carbocycles. The van der Waals surface area contributed by atoms with Crippen molar-refractivity contribution in [3.63, 3.8) is 0 Å². The maximum Gasteiger partial charge on any atom is 0.255 e. The number of anilines is 1. The molecule has 142 valence electrons. The molecule has 2 aliphatic heterocycles. The maximum atomic E-state index is 12.6. The molecule has 0 atom stereocenters. The van der Waals surface area contributed by atoms with Crippen molar-refractivity contribution >= 4 is 36.5 Å². The normalized spacial score (nSPS) is 18.9. The van der Waals surface area contributed by atoms with Crippen LogP contribution in [-0.4, -0.2) is 55.1 Å². The number of carbonyl (C=O) groups excluding carboxylic acids is 1. The van der Waals surface area contributed by atoms with E-state index in [2.05, 4.69) is 22.1 Å². The Morgan fingerprint density at radius 1 is 1.16 bits per heavy atom. The fourth-order valence-electron chi connectivity index (χ4n) is 3.50. The molecule has 1 amide bonds. The van der Waals surface area contributed by atoms with Crippen LogP contribution in [-0.2, 0) is 0 Å². The van der Waals surface area contributed by atoms with Gasteiger partial charge in [-0.25, -0.2) is 4.98 Å². The number of pyridine rings is 1. The summed E-state index contributed by atoms with van der Waals surface area (Å²) in [4.78, 5) is 21.4. The first-order valence-corrected chi connectivity index (χ1v) is 8.84. The summed E-state index contributed by atoms with van der Waals surface area (Å²) in [6.07, 6.45) is 6.24. The van der Waals surface area contributed by atoms with Crippen molar-refractivity contribution in [3.05, 3.63) is 23.9 Å². The summed E-state index contributed by atoms with van der Waals surface area (Å²) in [7, 11) is 1.91. The second-order valence-electron chi connectivity index (χ2n) is 6.97. The number of nitrogens with zero attached hydrogens (tertiary/aromatic N) is 3. The summed E-state index contributed by atoms with van der Waals surface area (Å²) in [6, 6.07) is 4.27.